The van der Waals surface area contributed by atoms with Gasteiger partial charge in [-0.3, -0.25) is 4.72 Å². The number of nitrogens with one attached hydrogen (secondary N) is 2. The highest BCUT2D eigenvalue weighted by molar-refractivity contribution is 7.93. The second kappa shape index (κ2) is 9.53. The molecule has 3 aromatic rings. The van der Waals surface area contributed by atoms with Crippen LogP contribution in [0.15, 0.2) is 58.9 Å². The Morgan fingerprint density at radius 2 is 2.03 bits per heavy atom. The highest BCUT2D eigenvalue weighted by Gasteiger charge is 2.24. The maximum atomic E-state index is 14.7. The molecule has 0 saturated heterocycles. The molecule has 0 fully saturated rings. The smallest absolute Gasteiger partial charge is 0.266 e. The van der Waals surface area contributed by atoms with E-state index in [1.54, 1.807) is 17.5 Å². The lowest BCUT2D eigenvalue weighted by Gasteiger charge is -2.26. The molecule has 1 atom stereocenters. The third-order valence-electron chi connectivity index (χ3n) is 4.79. The van der Waals surface area contributed by atoms with Crippen LogP contribution in [-0.4, -0.2) is 32.6 Å². The predicted octanol–water partition coefficient (Wildman–Crippen LogP) is 4.70. The average molecular weight is 498 g/mol. The van der Waals surface area contributed by atoms with Gasteiger partial charge in [0.25, 0.3) is 10.0 Å². The lowest BCUT2D eigenvalue weighted by atomic mass is 9.95. The third-order valence-corrected chi connectivity index (χ3v) is 7.25. The van der Waals surface area contributed by atoms with Gasteiger partial charge in [-0.1, -0.05) is 29.8 Å². The number of anilines is 1. The van der Waals surface area contributed by atoms with E-state index in [1.165, 1.54) is 18.3 Å². The van der Waals surface area contributed by atoms with Crippen molar-refractivity contribution >= 4 is 43.7 Å². The summed E-state index contributed by atoms with van der Waals surface area (Å²) in [5, 5.41) is 4.97. The Balaban J connectivity index is 1.51. The Kier molecular flexibility index (Phi) is 6.75. The van der Waals surface area contributed by atoms with Gasteiger partial charge < -0.3 is 10.1 Å². The molecular weight excluding hydrogens is 480 g/mol. The molecule has 0 bridgehead atoms. The summed E-state index contributed by atoms with van der Waals surface area (Å²) in [6.45, 7) is 0.840. The number of aromatic nitrogens is 1. The van der Waals surface area contributed by atoms with Gasteiger partial charge >= 0.3 is 0 Å². The Hall–Kier alpha value is -2.53. The molecule has 168 valence electrons. The van der Waals surface area contributed by atoms with Crippen LogP contribution < -0.4 is 14.8 Å². The minimum Gasteiger partial charge on any atom is -0.490 e. The molecule has 0 aliphatic carbocycles. The Morgan fingerprint density at radius 3 is 2.75 bits per heavy atom. The number of halogens is 3. The van der Waals surface area contributed by atoms with Crippen molar-refractivity contribution in [3.63, 3.8) is 0 Å². The number of rotatable bonds is 7. The fourth-order valence-electron chi connectivity index (χ4n) is 3.29. The average Bonchev–Trinajstić information content (AvgIpc) is 3.27. The first-order chi connectivity index (χ1) is 15.3. The summed E-state index contributed by atoms with van der Waals surface area (Å²) in [5.41, 5.74) is 1.78. The molecule has 0 saturated carbocycles. The van der Waals surface area contributed by atoms with Crippen molar-refractivity contribution in [2.24, 2.45) is 0 Å². The van der Waals surface area contributed by atoms with Gasteiger partial charge in [-0.25, -0.2) is 22.2 Å². The van der Waals surface area contributed by atoms with Crippen LogP contribution in [-0.2, 0) is 10.0 Å². The van der Waals surface area contributed by atoms with E-state index in [1.807, 2.05) is 6.08 Å². The van der Waals surface area contributed by atoms with Crippen LogP contribution in [0.25, 0.3) is 5.57 Å². The molecule has 1 unspecified atom stereocenters. The van der Waals surface area contributed by atoms with Gasteiger partial charge in [-0.2, -0.15) is 0 Å². The van der Waals surface area contributed by atoms with Crippen LogP contribution in [0.1, 0.15) is 12.0 Å². The van der Waals surface area contributed by atoms with E-state index in [9.17, 15) is 17.2 Å². The van der Waals surface area contributed by atoms with Crippen LogP contribution in [0.5, 0.6) is 5.75 Å². The first kappa shape index (κ1) is 22.7. The van der Waals surface area contributed by atoms with E-state index in [4.69, 9.17) is 16.3 Å². The molecule has 6 nitrogen and oxygen atoms in total. The molecule has 1 aromatic heterocycles. The van der Waals surface area contributed by atoms with Crippen molar-refractivity contribution in [2.75, 3.05) is 17.9 Å². The SMILES string of the molecule is O=S(=O)(Nc1nccs1)c1cc(Cl)c(OCC2NCCC=C2c2ccc(F)cc2)cc1F. The van der Waals surface area contributed by atoms with Crippen molar-refractivity contribution < 1.29 is 21.9 Å². The topological polar surface area (TPSA) is 80.3 Å². The monoisotopic (exact) mass is 497 g/mol. The standard InChI is InChI=1S/C21H18ClF2N3O3S2/c22-16-10-20(32(28,29)27-21-26-8-9-31-21)17(24)11-19(16)30-12-18-15(2-1-7-25-18)13-3-5-14(23)6-4-13/h2-6,8-11,18,25H,1,7,12H2,(H,26,27). The maximum absolute atomic E-state index is 14.7. The molecule has 2 heterocycles. The summed E-state index contributed by atoms with van der Waals surface area (Å²) in [6.07, 6.45) is 4.27. The van der Waals surface area contributed by atoms with Gasteiger partial charge in [0.1, 0.15) is 28.9 Å². The molecule has 0 spiro atoms. The van der Waals surface area contributed by atoms with Crippen LogP contribution in [0.2, 0.25) is 5.02 Å². The third kappa shape index (κ3) is 5.09. The van der Waals surface area contributed by atoms with Gasteiger partial charge in [-0.05, 0) is 42.3 Å². The quantitative estimate of drug-likeness (QED) is 0.494. The summed E-state index contributed by atoms with van der Waals surface area (Å²) < 4.78 is 60.8. The van der Waals surface area contributed by atoms with Gasteiger partial charge in [0, 0.05) is 17.6 Å². The minimum atomic E-state index is -4.21. The molecule has 11 heteroatoms. The highest BCUT2D eigenvalue weighted by atomic mass is 35.5. The molecular formula is C21H18ClF2N3O3S2. The summed E-state index contributed by atoms with van der Waals surface area (Å²) >= 11 is 7.27. The van der Waals surface area contributed by atoms with Crippen LogP contribution in [0.3, 0.4) is 0 Å². The van der Waals surface area contributed by atoms with E-state index in [0.717, 1.165) is 47.6 Å². The Bertz CT molecular complexity index is 1230. The zero-order chi connectivity index (χ0) is 22.7. The van der Waals surface area contributed by atoms with Crippen LogP contribution in [0, 0.1) is 11.6 Å². The number of hydrogen-bond acceptors (Lipinski definition) is 6. The Labute approximate surface area is 193 Å². The predicted molar refractivity (Wildman–Crippen MR) is 121 cm³/mol. The number of benzene rings is 2. The van der Waals surface area contributed by atoms with Crippen LogP contribution in [0.4, 0.5) is 13.9 Å². The second-order valence-electron chi connectivity index (χ2n) is 6.93. The van der Waals surface area contributed by atoms with E-state index < -0.39 is 20.7 Å². The highest BCUT2D eigenvalue weighted by Crippen LogP contribution is 2.32. The van der Waals surface area contributed by atoms with Crippen molar-refractivity contribution in [3.8, 4) is 5.75 Å². The number of nitrogens with zero attached hydrogens (tertiary/aromatic N) is 1. The van der Waals surface area contributed by atoms with Crippen LogP contribution >= 0.6 is 22.9 Å². The largest absolute Gasteiger partial charge is 0.490 e. The molecule has 2 aromatic carbocycles. The molecule has 4 rings (SSSR count). The molecule has 1 aliphatic heterocycles. The molecule has 2 N–H and O–H groups in total. The van der Waals surface area contributed by atoms with E-state index >= 15 is 0 Å². The number of sulfonamides is 1. The maximum Gasteiger partial charge on any atom is 0.266 e. The molecule has 1 aliphatic rings. The zero-order valence-corrected chi connectivity index (χ0v) is 18.9. The van der Waals surface area contributed by atoms with E-state index in [-0.39, 0.29) is 34.4 Å². The molecule has 0 radical (unpaired) electrons. The van der Waals surface area contributed by atoms with E-state index in [2.05, 4.69) is 15.0 Å². The number of thiazole rings is 1. The number of hydrogen-bond donors (Lipinski definition) is 2. The Morgan fingerprint density at radius 1 is 1.25 bits per heavy atom. The second-order valence-corrected chi connectivity index (χ2v) is 9.88. The van der Waals surface area contributed by atoms with Gasteiger partial charge in [-0.15, -0.1) is 11.3 Å². The fourth-order valence-corrected chi connectivity index (χ4v) is 5.45. The summed E-state index contributed by atoms with van der Waals surface area (Å²) in [7, 11) is -4.21. The minimum absolute atomic E-state index is 0.0168. The summed E-state index contributed by atoms with van der Waals surface area (Å²) in [4.78, 5) is 3.23. The van der Waals surface area contributed by atoms with Crippen molar-refractivity contribution in [1.82, 2.24) is 10.3 Å². The summed E-state index contributed by atoms with van der Waals surface area (Å²) in [6, 6.07) is 7.85. The lowest BCUT2D eigenvalue weighted by molar-refractivity contribution is 0.287. The molecule has 32 heavy (non-hydrogen) atoms. The summed E-state index contributed by atoms with van der Waals surface area (Å²) in [5.74, 6) is -1.31. The van der Waals surface area contributed by atoms with Crippen molar-refractivity contribution in [3.05, 3.63) is 76.3 Å². The first-order valence-corrected chi connectivity index (χ1v) is 12.3. The van der Waals surface area contributed by atoms with Crippen molar-refractivity contribution in [1.29, 1.82) is 0 Å². The van der Waals surface area contributed by atoms with Crippen molar-refractivity contribution in [2.45, 2.75) is 17.4 Å². The normalized spacial score (nSPS) is 16.5. The molecule has 0 amide bonds. The number of ether oxygens (including phenoxy) is 1. The van der Waals surface area contributed by atoms with E-state index in [0.29, 0.717) is 0 Å². The lowest BCUT2D eigenvalue weighted by Crippen LogP contribution is -2.38. The zero-order valence-electron chi connectivity index (χ0n) is 16.5. The fraction of sp³-hybridized carbons (Fsp3) is 0.190. The van der Waals surface area contributed by atoms with Gasteiger partial charge in [0.05, 0.1) is 11.1 Å². The first-order valence-electron chi connectivity index (χ1n) is 9.57. The van der Waals surface area contributed by atoms with Gasteiger partial charge in [0.2, 0.25) is 0 Å². The van der Waals surface area contributed by atoms with Gasteiger partial charge in [0.15, 0.2) is 5.13 Å².